The smallest absolute Gasteiger partial charge is 0.269 e. The first kappa shape index (κ1) is 19.5. The van der Waals surface area contributed by atoms with Crippen LogP contribution in [-0.2, 0) is 6.54 Å². The van der Waals surface area contributed by atoms with Crippen LogP contribution in [0.2, 0.25) is 0 Å². The van der Waals surface area contributed by atoms with Gasteiger partial charge in [-0.25, -0.2) is 0 Å². The van der Waals surface area contributed by atoms with Gasteiger partial charge >= 0.3 is 0 Å². The van der Waals surface area contributed by atoms with E-state index < -0.39 is 0 Å². The standard InChI is InChI=1S/C20H25N3O3/c1-4-23(5-2)14-15-6-8-16(9-7-15)19(24)21-22-20(25)17-10-12-18(26-3)13-11-17/h6-13H,4-5,14H2,1-3H3,(H,21,24)(H,22,25). The van der Waals surface area contributed by atoms with Crippen LogP contribution in [0.15, 0.2) is 48.5 Å². The molecular weight excluding hydrogens is 330 g/mol. The molecule has 0 saturated carbocycles. The molecule has 2 aromatic carbocycles. The van der Waals surface area contributed by atoms with Crippen molar-refractivity contribution in [3.05, 3.63) is 65.2 Å². The molecule has 6 nitrogen and oxygen atoms in total. The van der Waals surface area contributed by atoms with Gasteiger partial charge in [0.25, 0.3) is 11.8 Å². The Morgan fingerprint density at radius 1 is 0.846 bits per heavy atom. The number of rotatable bonds is 7. The van der Waals surface area contributed by atoms with E-state index in [0.717, 1.165) is 25.2 Å². The highest BCUT2D eigenvalue weighted by Crippen LogP contribution is 2.11. The average molecular weight is 355 g/mol. The van der Waals surface area contributed by atoms with E-state index in [0.29, 0.717) is 16.9 Å². The summed E-state index contributed by atoms with van der Waals surface area (Å²) < 4.78 is 5.05. The summed E-state index contributed by atoms with van der Waals surface area (Å²) in [5.41, 5.74) is 6.91. The van der Waals surface area contributed by atoms with E-state index in [1.165, 1.54) is 0 Å². The molecule has 0 aromatic heterocycles. The fraction of sp³-hybridized carbons (Fsp3) is 0.300. The van der Waals surface area contributed by atoms with Crippen molar-refractivity contribution in [2.75, 3.05) is 20.2 Å². The third-order valence-corrected chi connectivity index (χ3v) is 4.16. The zero-order valence-electron chi connectivity index (χ0n) is 15.4. The van der Waals surface area contributed by atoms with E-state index in [-0.39, 0.29) is 11.8 Å². The summed E-state index contributed by atoms with van der Waals surface area (Å²) in [6.07, 6.45) is 0. The molecule has 0 saturated heterocycles. The van der Waals surface area contributed by atoms with Gasteiger partial charge in [-0.1, -0.05) is 26.0 Å². The fourth-order valence-electron chi connectivity index (χ4n) is 2.47. The Bertz CT molecular complexity index is 723. The Kier molecular flexibility index (Phi) is 7.17. The summed E-state index contributed by atoms with van der Waals surface area (Å²) in [5.74, 6) is -0.0872. The number of benzene rings is 2. The van der Waals surface area contributed by atoms with Gasteiger partial charge in [0.15, 0.2) is 0 Å². The number of amides is 2. The van der Waals surface area contributed by atoms with Crippen molar-refractivity contribution in [1.82, 2.24) is 15.8 Å². The molecule has 138 valence electrons. The maximum absolute atomic E-state index is 12.2. The number of carbonyl (C=O) groups excluding carboxylic acids is 2. The molecule has 0 unspecified atom stereocenters. The van der Waals surface area contributed by atoms with Crippen LogP contribution in [0.25, 0.3) is 0 Å². The minimum atomic E-state index is -0.390. The monoisotopic (exact) mass is 355 g/mol. The lowest BCUT2D eigenvalue weighted by molar-refractivity contribution is 0.0846. The van der Waals surface area contributed by atoms with E-state index in [1.54, 1.807) is 43.5 Å². The van der Waals surface area contributed by atoms with Crippen LogP contribution in [-0.4, -0.2) is 36.9 Å². The molecule has 0 radical (unpaired) electrons. The quantitative estimate of drug-likeness (QED) is 0.749. The molecule has 2 aromatic rings. The van der Waals surface area contributed by atoms with E-state index in [9.17, 15) is 9.59 Å². The number of nitrogens with zero attached hydrogens (tertiary/aromatic N) is 1. The molecular formula is C20H25N3O3. The highest BCUT2D eigenvalue weighted by Gasteiger charge is 2.10. The number of ether oxygens (including phenoxy) is 1. The van der Waals surface area contributed by atoms with Crippen molar-refractivity contribution < 1.29 is 14.3 Å². The highest BCUT2D eigenvalue weighted by molar-refractivity contribution is 5.99. The second kappa shape index (κ2) is 9.58. The van der Waals surface area contributed by atoms with Crippen LogP contribution in [0, 0.1) is 0 Å². The maximum Gasteiger partial charge on any atom is 0.269 e. The van der Waals surface area contributed by atoms with Gasteiger partial charge in [0.1, 0.15) is 5.75 Å². The molecule has 6 heteroatoms. The van der Waals surface area contributed by atoms with Crippen molar-refractivity contribution in [2.45, 2.75) is 20.4 Å². The number of hydrogen-bond acceptors (Lipinski definition) is 4. The van der Waals surface area contributed by atoms with Gasteiger partial charge in [-0.3, -0.25) is 25.3 Å². The van der Waals surface area contributed by atoms with Crippen LogP contribution in [0.4, 0.5) is 0 Å². The third-order valence-electron chi connectivity index (χ3n) is 4.16. The van der Waals surface area contributed by atoms with Crippen molar-refractivity contribution >= 4 is 11.8 Å². The second-order valence-electron chi connectivity index (χ2n) is 5.80. The van der Waals surface area contributed by atoms with Gasteiger partial charge in [-0.15, -0.1) is 0 Å². The Balaban J connectivity index is 1.89. The van der Waals surface area contributed by atoms with Crippen molar-refractivity contribution in [3.63, 3.8) is 0 Å². The van der Waals surface area contributed by atoms with Gasteiger partial charge in [0.2, 0.25) is 0 Å². The molecule has 0 heterocycles. The normalized spacial score (nSPS) is 10.5. The fourth-order valence-corrected chi connectivity index (χ4v) is 2.47. The maximum atomic E-state index is 12.2. The van der Waals surface area contributed by atoms with Crippen molar-refractivity contribution in [1.29, 1.82) is 0 Å². The zero-order chi connectivity index (χ0) is 18.9. The summed E-state index contributed by atoms with van der Waals surface area (Å²) in [6.45, 7) is 7.06. The molecule has 0 aliphatic rings. The van der Waals surface area contributed by atoms with Crippen LogP contribution < -0.4 is 15.6 Å². The molecule has 2 rings (SSSR count). The first-order valence-corrected chi connectivity index (χ1v) is 8.63. The number of nitrogens with one attached hydrogen (secondary N) is 2. The number of methoxy groups -OCH3 is 1. The second-order valence-corrected chi connectivity index (χ2v) is 5.80. The molecule has 0 spiro atoms. The van der Waals surface area contributed by atoms with Gasteiger partial charge in [0, 0.05) is 17.7 Å². The molecule has 26 heavy (non-hydrogen) atoms. The molecule has 0 aliphatic carbocycles. The summed E-state index contributed by atoms with van der Waals surface area (Å²) in [4.78, 5) is 26.5. The van der Waals surface area contributed by atoms with Crippen molar-refractivity contribution in [2.24, 2.45) is 0 Å². The van der Waals surface area contributed by atoms with E-state index in [4.69, 9.17) is 4.74 Å². The predicted molar refractivity (Wildman–Crippen MR) is 101 cm³/mol. The molecule has 0 aliphatic heterocycles. The van der Waals surface area contributed by atoms with Crippen LogP contribution in [0.5, 0.6) is 5.75 Å². The average Bonchev–Trinajstić information content (AvgIpc) is 2.70. The predicted octanol–water partition coefficient (Wildman–Crippen LogP) is 2.61. The molecule has 0 bridgehead atoms. The lowest BCUT2D eigenvalue weighted by Crippen LogP contribution is -2.41. The van der Waals surface area contributed by atoms with E-state index in [1.807, 2.05) is 12.1 Å². The van der Waals surface area contributed by atoms with Gasteiger partial charge in [-0.2, -0.15) is 0 Å². The Labute approximate surface area is 154 Å². The summed E-state index contributed by atoms with van der Waals surface area (Å²) >= 11 is 0. The summed E-state index contributed by atoms with van der Waals surface area (Å²) in [6, 6.07) is 14.0. The van der Waals surface area contributed by atoms with Crippen molar-refractivity contribution in [3.8, 4) is 5.75 Å². The van der Waals surface area contributed by atoms with Crippen LogP contribution in [0.3, 0.4) is 0 Å². The Hall–Kier alpha value is -2.86. The first-order chi connectivity index (χ1) is 12.6. The van der Waals surface area contributed by atoms with E-state index >= 15 is 0 Å². The topological polar surface area (TPSA) is 70.7 Å². The van der Waals surface area contributed by atoms with Gasteiger partial charge in [-0.05, 0) is 55.1 Å². The largest absolute Gasteiger partial charge is 0.497 e. The van der Waals surface area contributed by atoms with Gasteiger partial charge < -0.3 is 4.74 Å². The molecule has 2 N–H and O–H groups in total. The summed E-state index contributed by atoms with van der Waals surface area (Å²) in [5, 5.41) is 0. The number of hydrogen-bond donors (Lipinski definition) is 2. The molecule has 0 atom stereocenters. The summed E-state index contributed by atoms with van der Waals surface area (Å²) in [7, 11) is 1.56. The van der Waals surface area contributed by atoms with Gasteiger partial charge in [0.05, 0.1) is 7.11 Å². The Morgan fingerprint density at radius 3 is 1.73 bits per heavy atom. The van der Waals surface area contributed by atoms with E-state index in [2.05, 4.69) is 29.6 Å². The number of carbonyl (C=O) groups is 2. The number of hydrazine groups is 1. The molecule has 0 fully saturated rings. The van der Waals surface area contributed by atoms with Crippen LogP contribution in [0.1, 0.15) is 40.1 Å². The SMILES string of the molecule is CCN(CC)Cc1ccc(C(=O)NNC(=O)c2ccc(OC)cc2)cc1. The van der Waals surface area contributed by atoms with Crippen LogP contribution >= 0.6 is 0 Å². The first-order valence-electron chi connectivity index (χ1n) is 8.63. The highest BCUT2D eigenvalue weighted by atomic mass is 16.5. The lowest BCUT2D eigenvalue weighted by Gasteiger charge is -2.18. The third kappa shape index (κ3) is 5.32. The lowest BCUT2D eigenvalue weighted by atomic mass is 10.1. The minimum Gasteiger partial charge on any atom is -0.497 e. The molecule has 2 amide bonds. The Morgan fingerprint density at radius 2 is 1.31 bits per heavy atom. The minimum absolute atomic E-state index is 0.360. The zero-order valence-corrected chi connectivity index (χ0v) is 15.4.